The summed E-state index contributed by atoms with van der Waals surface area (Å²) in [5.74, 6) is -0.865. The van der Waals surface area contributed by atoms with Gasteiger partial charge in [-0.15, -0.1) is 10.2 Å². The smallest absolute Gasteiger partial charge is 0.234 e. The van der Waals surface area contributed by atoms with Crippen LogP contribution in [0.1, 0.15) is 38.2 Å². The molecule has 41 heavy (non-hydrogen) atoms. The number of benzene rings is 2. The predicted octanol–water partition coefficient (Wildman–Crippen LogP) is 7.17. The fourth-order valence-corrected chi connectivity index (χ4v) is 7.31. The fourth-order valence-electron chi connectivity index (χ4n) is 5.02. The third-order valence-corrected chi connectivity index (χ3v) is 9.81. The molecule has 0 fully saturated rings. The Bertz CT molecular complexity index is 1680. The molecule has 1 atom stereocenters. The summed E-state index contributed by atoms with van der Waals surface area (Å²) in [5.41, 5.74) is 8.71. The lowest BCUT2D eigenvalue weighted by molar-refractivity contribution is -0.118. The molecule has 8 nitrogen and oxygen atoms in total. The molecule has 1 unspecified atom stereocenters. The second kappa shape index (κ2) is 11.7. The van der Waals surface area contributed by atoms with Gasteiger partial charge in [-0.2, -0.15) is 5.26 Å². The van der Waals surface area contributed by atoms with Crippen molar-refractivity contribution in [2.24, 2.45) is 11.1 Å². The van der Waals surface area contributed by atoms with Crippen LogP contribution in [-0.4, -0.2) is 27.6 Å². The summed E-state index contributed by atoms with van der Waals surface area (Å²) < 4.78 is 0.524. The Balaban J connectivity index is 1.49. The molecule has 1 aromatic heterocycles. The molecule has 2 aliphatic rings. The van der Waals surface area contributed by atoms with Crippen LogP contribution in [0.2, 0.25) is 15.1 Å². The number of carbonyl (C=O) groups is 2. The minimum atomic E-state index is -0.766. The number of Topliss-reactive ketones (excluding diaryl/α,β-unsaturated/α-hetero) is 1. The third-order valence-electron chi connectivity index (χ3n) is 6.70. The molecule has 0 saturated carbocycles. The van der Waals surface area contributed by atoms with Crippen LogP contribution in [0.4, 0.5) is 10.8 Å². The molecule has 2 aromatic carbocycles. The highest BCUT2D eigenvalue weighted by Crippen LogP contribution is 2.52. The zero-order valence-corrected chi connectivity index (χ0v) is 25.8. The molecule has 3 N–H and O–H groups in total. The Kier molecular flexibility index (Phi) is 8.37. The summed E-state index contributed by atoms with van der Waals surface area (Å²) in [6, 6.07) is 14.2. The molecule has 0 bridgehead atoms. The highest BCUT2D eigenvalue weighted by atomic mass is 35.5. The molecule has 13 heteroatoms. The number of ketones is 1. The van der Waals surface area contributed by atoms with E-state index in [1.807, 2.05) is 13.8 Å². The lowest BCUT2D eigenvalue weighted by Crippen LogP contribution is -2.42. The molecule has 0 radical (unpaired) electrons. The van der Waals surface area contributed by atoms with Gasteiger partial charge in [0.1, 0.15) is 5.82 Å². The van der Waals surface area contributed by atoms with E-state index in [1.54, 1.807) is 47.4 Å². The van der Waals surface area contributed by atoms with E-state index in [0.717, 1.165) is 0 Å². The summed E-state index contributed by atoms with van der Waals surface area (Å²) in [4.78, 5) is 27.8. The van der Waals surface area contributed by atoms with Crippen molar-refractivity contribution in [1.29, 1.82) is 5.26 Å². The number of nitrogens with zero attached hydrogens (tertiary/aromatic N) is 4. The number of nitrogens with two attached hydrogens (primary N) is 1. The second-order valence-corrected chi connectivity index (χ2v) is 13.7. The molecule has 3 aromatic rings. The van der Waals surface area contributed by atoms with Crippen LogP contribution < -0.4 is 16.0 Å². The average molecular weight is 646 g/mol. The van der Waals surface area contributed by atoms with Gasteiger partial charge in [0.05, 0.1) is 33.4 Å². The van der Waals surface area contributed by atoms with E-state index in [4.69, 9.17) is 40.5 Å². The molecule has 210 valence electrons. The van der Waals surface area contributed by atoms with Crippen molar-refractivity contribution in [2.45, 2.75) is 36.9 Å². The number of halogens is 3. The number of hydrogen-bond donors (Lipinski definition) is 2. The van der Waals surface area contributed by atoms with E-state index in [2.05, 4.69) is 21.6 Å². The van der Waals surface area contributed by atoms with Gasteiger partial charge in [0.2, 0.25) is 11.0 Å². The van der Waals surface area contributed by atoms with Gasteiger partial charge < -0.3 is 11.1 Å². The third kappa shape index (κ3) is 5.96. The summed E-state index contributed by atoms with van der Waals surface area (Å²) in [7, 11) is 0. The van der Waals surface area contributed by atoms with E-state index < -0.39 is 5.92 Å². The van der Waals surface area contributed by atoms with Crippen molar-refractivity contribution in [3.05, 3.63) is 85.8 Å². The number of anilines is 2. The minimum absolute atomic E-state index is 0.0880. The quantitative estimate of drug-likeness (QED) is 0.270. The first-order valence-corrected chi connectivity index (χ1v) is 15.3. The van der Waals surface area contributed by atoms with Crippen molar-refractivity contribution in [2.75, 3.05) is 16.0 Å². The van der Waals surface area contributed by atoms with Crippen LogP contribution >= 0.6 is 57.9 Å². The number of nitriles is 1. The van der Waals surface area contributed by atoms with Gasteiger partial charge in [0.25, 0.3) is 0 Å². The first kappa shape index (κ1) is 29.4. The largest absolute Gasteiger partial charge is 0.384 e. The van der Waals surface area contributed by atoms with Crippen LogP contribution in [0.5, 0.6) is 0 Å². The van der Waals surface area contributed by atoms with Crippen molar-refractivity contribution in [3.63, 3.8) is 0 Å². The average Bonchev–Trinajstić information content (AvgIpc) is 3.36. The van der Waals surface area contributed by atoms with Gasteiger partial charge in [-0.05, 0) is 41.7 Å². The molecule has 2 heterocycles. The Morgan fingerprint density at radius 1 is 1.22 bits per heavy atom. The topological polar surface area (TPSA) is 125 Å². The maximum atomic E-state index is 13.7. The molecular formula is C28H23Cl3N6O2S2. The Labute approximate surface area is 260 Å². The first-order chi connectivity index (χ1) is 19.5. The fraction of sp³-hybridized carbons (Fsp3) is 0.250. The van der Waals surface area contributed by atoms with Crippen LogP contribution in [0.15, 0.2) is 69.5 Å². The van der Waals surface area contributed by atoms with E-state index >= 15 is 0 Å². The zero-order valence-electron chi connectivity index (χ0n) is 21.9. The summed E-state index contributed by atoms with van der Waals surface area (Å²) in [5, 5.41) is 23.1. The van der Waals surface area contributed by atoms with Gasteiger partial charge >= 0.3 is 0 Å². The monoisotopic (exact) mass is 644 g/mol. The number of amides is 1. The SMILES string of the molecule is CC1(C)CC(=O)C2=C(C1)N(c1nnc(SCC(=O)Nc3cccc(Cl)c3)s1)C(N)=C(C#N)C2c1cccc(Cl)c1Cl. The highest BCUT2D eigenvalue weighted by molar-refractivity contribution is 8.01. The Morgan fingerprint density at radius 3 is 2.71 bits per heavy atom. The molecule has 0 saturated heterocycles. The van der Waals surface area contributed by atoms with Gasteiger partial charge in [-0.1, -0.05) is 89.9 Å². The molecule has 0 spiro atoms. The maximum absolute atomic E-state index is 13.7. The minimum Gasteiger partial charge on any atom is -0.384 e. The van der Waals surface area contributed by atoms with Crippen LogP contribution in [-0.2, 0) is 9.59 Å². The first-order valence-electron chi connectivity index (χ1n) is 12.4. The van der Waals surface area contributed by atoms with E-state index in [9.17, 15) is 14.9 Å². The normalized spacial score (nSPS) is 18.3. The number of nitrogens with one attached hydrogen (secondary N) is 1. The van der Waals surface area contributed by atoms with E-state index in [-0.39, 0.29) is 39.3 Å². The van der Waals surface area contributed by atoms with Crippen LogP contribution in [0.25, 0.3) is 0 Å². The zero-order chi connectivity index (χ0) is 29.5. The van der Waals surface area contributed by atoms with Gasteiger partial charge in [-0.25, -0.2) is 0 Å². The van der Waals surface area contributed by atoms with Crippen molar-refractivity contribution in [1.82, 2.24) is 10.2 Å². The standard InChI is InChI=1S/C28H23Cl3N6O2S2/c1-28(2)10-19-23(20(38)11-28)22(16-7-4-8-18(30)24(16)31)17(12-32)25(33)37(19)26-35-36-27(41-26)40-13-21(39)34-15-6-3-5-14(29)9-15/h3-9,22H,10-11,13,33H2,1-2H3,(H,34,39). The maximum Gasteiger partial charge on any atom is 0.234 e. The molecule has 5 rings (SSSR count). The molecule has 1 amide bonds. The number of allylic oxidation sites excluding steroid dienone is 3. The van der Waals surface area contributed by atoms with E-state index in [0.29, 0.717) is 54.9 Å². The second-order valence-electron chi connectivity index (χ2n) is 10.3. The summed E-state index contributed by atoms with van der Waals surface area (Å²) in [6.07, 6.45) is 0.804. The van der Waals surface area contributed by atoms with Gasteiger partial charge in [0.15, 0.2) is 10.1 Å². The highest BCUT2D eigenvalue weighted by Gasteiger charge is 2.46. The van der Waals surface area contributed by atoms with E-state index in [1.165, 1.54) is 23.1 Å². The number of carbonyl (C=O) groups excluding carboxylic acids is 2. The lowest BCUT2D eigenvalue weighted by atomic mass is 9.68. The number of aromatic nitrogens is 2. The number of rotatable bonds is 6. The Morgan fingerprint density at radius 2 is 1.98 bits per heavy atom. The summed E-state index contributed by atoms with van der Waals surface area (Å²) >= 11 is 21.3. The van der Waals surface area contributed by atoms with Crippen LogP contribution in [0, 0.1) is 16.7 Å². The summed E-state index contributed by atoms with van der Waals surface area (Å²) in [6.45, 7) is 4.02. The van der Waals surface area contributed by atoms with Crippen LogP contribution in [0.3, 0.4) is 0 Å². The number of thioether (sulfide) groups is 1. The lowest BCUT2D eigenvalue weighted by Gasteiger charge is -2.42. The van der Waals surface area contributed by atoms with Gasteiger partial charge in [0, 0.05) is 28.4 Å². The van der Waals surface area contributed by atoms with Crippen molar-refractivity contribution < 1.29 is 9.59 Å². The molecule has 1 aliphatic heterocycles. The van der Waals surface area contributed by atoms with Crippen molar-refractivity contribution >= 4 is 80.4 Å². The Hall–Kier alpha value is -3.07. The van der Waals surface area contributed by atoms with Crippen molar-refractivity contribution in [3.8, 4) is 6.07 Å². The predicted molar refractivity (Wildman–Crippen MR) is 164 cm³/mol. The number of hydrogen-bond acceptors (Lipinski definition) is 9. The van der Waals surface area contributed by atoms with Gasteiger partial charge in [-0.3, -0.25) is 14.5 Å². The molecule has 1 aliphatic carbocycles. The molecular weight excluding hydrogens is 623 g/mol.